The van der Waals surface area contributed by atoms with E-state index in [4.69, 9.17) is 21.8 Å². The quantitative estimate of drug-likeness (QED) is 0.720. The number of hydrogen-bond acceptors (Lipinski definition) is 4. The molecule has 0 aliphatic carbocycles. The van der Waals surface area contributed by atoms with Crippen LogP contribution in [0.5, 0.6) is 0 Å². The van der Waals surface area contributed by atoms with Crippen molar-refractivity contribution in [2.45, 2.75) is 24.3 Å². The van der Waals surface area contributed by atoms with Crippen molar-refractivity contribution in [3.05, 3.63) is 28.8 Å². The van der Waals surface area contributed by atoms with E-state index in [0.29, 0.717) is 0 Å². The van der Waals surface area contributed by atoms with Gasteiger partial charge in [-0.25, -0.2) is 8.42 Å². The number of halogens is 1. The van der Waals surface area contributed by atoms with Crippen molar-refractivity contribution in [1.29, 1.82) is 0 Å². The maximum atomic E-state index is 12.0. The van der Waals surface area contributed by atoms with Gasteiger partial charge in [-0.1, -0.05) is 17.7 Å². The number of aliphatic hydroxyl groups is 1. The summed E-state index contributed by atoms with van der Waals surface area (Å²) in [5.74, 6) is -1.36. The summed E-state index contributed by atoms with van der Waals surface area (Å²) in [5.41, 5.74) is 0.786. The second-order valence-corrected chi connectivity index (χ2v) is 6.05. The molecule has 19 heavy (non-hydrogen) atoms. The van der Waals surface area contributed by atoms with E-state index in [2.05, 4.69) is 0 Å². The molecule has 0 fully saturated rings. The fourth-order valence-corrected chi connectivity index (χ4v) is 3.26. The Hall–Kier alpha value is -1.15. The first-order valence-corrected chi connectivity index (χ1v) is 7.26. The molecule has 0 amide bonds. The Kier molecular flexibility index (Phi) is 5.30. The number of carbonyl (C=O) groups is 1. The second-order valence-electron chi connectivity index (χ2n) is 3.96. The summed E-state index contributed by atoms with van der Waals surface area (Å²) in [6.45, 7) is 1.31. The van der Waals surface area contributed by atoms with Crippen LogP contribution in [0.25, 0.3) is 0 Å². The third-order valence-electron chi connectivity index (χ3n) is 2.39. The first kappa shape index (κ1) is 15.9. The lowest BCUT2D eigenvalue weighted by atomic mass is 10.2. The van der Waals surface area contributed by atoms with E-state index in [1.165, 1.54) is 12.1 Å². The molecular weight excluding hydrogens is 294 g/mol. The molecule has 1 rings (SSSR count). The van der Waals surface area contributed by atoms with Crippen LogP contribution in [0.3, 0.4) is 0 Å². The molecular formula is C11H14ClNO5S. The minimum Gasteiger partial charge on any atom is -0.480 e. The monoisotopic (exact) mass is 307 g/mol. The Balaban J connectivity index is 3.06. The average molecular weight is 308 g/mol. The maximum Gasteiger partial charge on any atom is 0.321 e. The lowest BCUT2D eigenvalue weighted by Gasteiger charge is -2.14. The average Bonchev–Trinajstić information content (AvgIpc) is 2.27. The first-order valence-electron chi connectivity index (χ1n) is 5.40. The van der Waals surface area contributed by atoms with Gasteiger partial charge in [0.2, 0.25) is 10.0 Å². The van der Waals surface area contributed by atoms with Crippen LogP contribution >= 0.6 is 11.6 Å². The fraction of sp³-hybridized carbons (Fsp3) is 0.364. The van der Waals surface area contributed by atoms with Crippen molar-refractivity contribution < 1.29 is 23.4 Å². The van der Waals surface area contributed by atoms with Crippen LogP contribution in [0.15, 0.2) is 23.1 Å². The molecule has 0 radical (unpaired) electrons. The van der Waals surface area contributed by atoms with Crippen molar-refractivity contribution in [3.8, 4) is 0 Å². The maximum absolute atomic E-state index is 12.0. The molecule has 0 saturated carbocycles. The molecule has 3 N–H and O–H groups in total. The molecule has 1 aromatic carbocycles. The summed E-state index contributed by atoms with van der Waals surface area (Å²) in [7, 11) is -4.05. The number of sulfonamides is 1. The highest BCUT2D eigenvalue weighted by atomic mass is 35.5. The van der Waals surface area contributed by atoms with Gasteiger partial charge in [0.25, 0.3) is 0 Å². The molecule has 0 bridgehead atoms. The van der Waals surface area contributed by atoms with Crippen LogP contribution < -0.4 is 4.72 Å². The summed E-state index contributed by atoms with van der Waals surface area (Å²) in [6, 6.07) is 2.94. The number of hydrogen-bond donors (Lipinski definition) is 3. The number of aliphatic hydroxyl groups excluding tert-OH is 1. The zero-order valence-electron chi connectivity index (χ0n) is 10.1. The number of aryl methyl sites for hydroxylation is 1. The van der Waals surface area contributed by atoms with E-state index in [-0.39, 0.29) is 16.3 Å². The van der Waals surface area contributed by atoms with Crippen molar-refractivity contribution in [2.24, 2.45) is 0 Å². The molecule has 8 heteroatoms. The van der Waals surface area contributed by atoms with Crippen molar-refractivity contribution in [3.63, 3.8) is 0 Å². The lowest BCUT2D eigenvalue weighted by molar-refractivity contribution is -0.139. The topological polar surface area (TPSA) is 104 Å². The van der Waals surface area contributed by atoms with E-state index < -0.39 is 28.6 Å². The highest BCUT2D eigenvalue weighted by Gasteiger charge is 2.26. The van der Waals surface area contributed by atoms with Crippen molar-refractivity contribution in [2.75, 3.05) is 6.61 Å². The van der Waals surface area contributed by atoms with Crippen LogP contribution in [0, 0.1) is 6.92 Å². The number of carboxylic acid groups (broad SMARTS) is 1. The Bertz CT molecular complexity index is 572. The minimum absolute atomic E-state index is 0.0145. The van der Waals surface area contributed by atoms with Crippen LogP contribution in [0.1, 0.15) is 12.0 Å². The summed E-state index contributed by atoms with van der Waals surface area (Å²) < 4.78 is 26.0. The van der Waals surface area contributed by atoms with E-state index in [9.17, 15) is 13.2 Å². The SMILES string of the molecule is Cc1ccc(S(=O)(=O)N[C@H](CCO)C(=O)O)c(Cl)c1. The molecule has 1 aromatic rings. The summed E-state index contributed by atoms with van der Waals surface area (Å²) in [6.07, 6.45) is -0.224. The first-order chi connectivity index (χ1) is 8.77. The zero-order chi connectivity index (χ0) is 14.6. The van der Waals surface area contributed by atoms with E-state index in [1.807, 2.05) is 4.72 Å². The third kappa shape index (κ3) is 4.17. The van der Waals surface area contributed by atoms with Gasteiger partial charge in [-0.05, 0) is 31.0 Å². The molecule has 0 aromatic heterocycles. The van der Waals surface area contributed by atoms with Crippen LogP contribution in [-0.4, -0.2) is 37.2 Å². The highest BCUT2D eigenvalue weighted by Crippen LogP contribution is 2.22. The fourth-order valence-electron chi connectivity index (χ4n) is 1.44. The van der Waals surface area contributed by atoms with Gasteiger partial charge in [0, 0.05) is 6.61 Å². The van der Waals surface area contributed by atoms with Gasteiger partial charge in [-0.2, -0.15) is 4.72 Å². The van der Waals surface area contributed by atoms with Gasteiger partial charge in [0.15, 0.2) is 0 Å². The standard InChI is InChI=1S/C11H14ClNO5S/c1-7-2-3-10(8(12)6-7)19(17,18)13-9(4-5-14)11(15)16/h2-3,6,9,13-14H,4-5H2,1H3,(H,15,16)/t9-/m1/s1. The van der Waals surface area contributed by atoms with Crippen molar-refractivity contribution >= 4 is 27.6 Å². The Morgan fingerprint density at radius 1 is 1.47 bits per heavy atom. The second kappa shape index (κ2) is 6.33. The van der Waals surface area contributed by atoms with Gasteiger partial charge in [0.05, 0.1) is 5.02 Å². The van der Waals surface area contributed by atoms with Crippen molar-refractivity contribution in [1.82, 2.24) is 4.72 Å². The largest absolute Gasteiger partial charge is 0.480 e. The third-order valence-corrected chi connectivity index (χ3v) is 4.34. The number of benzene rings is 1. The minimum atomic E-state index is -4.05. The molecule has 0 spiro atoms. The smallest absolute Gasteiger partial charge is 0.321 e. The summed E-state index contributed by atoms with van der Waals surface area (Å²) in [5, 5.41) is 17.6. The number of aliphatic carboxylic acids is 1. The molecule has 0 aliphatic rings. The molecule has 0 saturated heterocycles. The van der Waals surface area contributed by atoms with Gasteiger partial charge in [0.1, 0.15) is 10.9 Å². The Morgan fingerprint density at radius 3 is 2.58 bits per heavy atom. The molecule has 6 nitrogen and oxygen atoms in total. The summed E-state index contributed by atoms with van der Waals surface area (Å²) >= 11 is 5.84. The Labute approximate surface area is 116 Å². The van der Waals surface area contributed by atoms with Crippen LogP contribution in [0.4, 0.5) is 0 Å². The van der Waals surface area contributed by atoms with Crippen LogP contribution in [-0.2, 0) is 14.8 Å². The molecule has 1 atom stereocenters. The van der Waals surface area contributed by atoms with Crippen LogP contribution in [0.2, 0.25) is 5.02 Å². The zero-order valence-corrected chi connectivity index (χ0v) is 11.7. The number of carboxylic acids is 1. The highest BCUT2D eigenvalue weighted by molar-refractivity contribution is 7.89. The predicted molar refractivity (Wildman–Crippen MR) is 69.6 cm³/mol. The van der Waals surface area contributed by atoms with E-state index >= 15 is 0 Å². The normalized spacial score (nSPS) is 13.2. The molecule has 0 aliphatic heterocycles. The number of rotatable bonds is 6. The Morgan fingerprint density at radius 2 is 2.11 bits per heavy atom. The summed E-state index contributed by atoms with van der Waals surface area (Å²) in [4.78, 5) is 10.7. The van der Waals surface area contributed by atoms with Gasteiger partial charge >= 0.3 is 5.97 Å². The van der Waals surface area contributed by atoms with E-state index in [1.54, 1.807) is 13.0 Å². The predicted octanol–water partition coefficient (Wildman–Crippen LogP) is 0.762. The van der Waals surface area contributed by atoms with Gasteiger partial charge in [-0.15, -0.1) is 0 Å². The van der Waals surface area contributed by atoms with Gasteiger partial charge < -0.3 is 10.2 Å². The lowest BCUT2D eigenvalue weighted by Crippen LogP contribution is -2.41. The molecule has 0 unspecified atom stereocenters. The number of nitrogens with one attached hydrogen (secondary N) is 1. The van der Waals surface area contributed by atoms with Gasteiger partial charge in [-0.3, -0.25) is 4.79 Å². The molecule has 0 heterocycles. The van der Waals surface area contributed by atoms with E-state index in [0.717, 1.165) is 5.56 Å². The molecule has 106 valence electrons.